The molecule has 172 valence electrons. The second-order valence-corrected chi connectivity index (χ2v) is 8.42. The Balaban J connectivity index is 1.49. The third-order valence-electron chi connectivity index (χ3n) is 5.79. The van der Waals surface area contributed by atoms with E-state index in [0.29, 0.717) is 17.0 Å². The highest BCUT2D eigenvalue weighted by Crippen LogP contribution is 2.25. The molecule has 0 saturated heterocycles. The number of hydrogen-bond acceptors (Lipinski definition) is 4. The van der Waals surface area contributed by atoms with Gasteiger partial charge in [-0.15, -0.1) is 0 Å². The Morgan fingerprint density at radius 1 is 0.971 bits per heavy atom. The van der Waals surface area contributed by atoms with Gasteiger partial charge in [0, 0.05) is 17.5 Å². The molecule has 0 N–H and O–H groups in total. The fourth-order valence-corrected chi connectivity index (χ4v) is 4.16. The van der Waals surface area contributed by atoms with E-state index < -0.39 is 0 Å². The zero-order valence-corrected chi connectivity index (χ0v) is 20.0. The molecule has 1 heterocycles. The summed E-state index contributed by atoms with van der Waals surface area (Å²) in [6.07, 6.45) is 5.38. The van der Waals surface area contributed by atoms with Gasteiger partial charge in [0.05, 0.1) is 30.0 Å². The van der Waals surface area contributed by atoms with Crippen molar-refractivity contribution in [3.8, 4) is 0 Å². The van der Waals surface area contributed by atoms with Crippen LogP contribution in [0.4, 0.5) is 0 Å². The molecule has 0 aliphatic heterocycles. The third-order valence-corrected chi connectivity index (χ3v) is 6.02. The molecule has 0 radical (unpaired) electrons. The van der Waals surface area contributed by atoms with E-state index in [9.17, 15) is 4.79 Å². The largest absolute Gasteiger partial charge is 0.465 e. The van der Waals surface area contributed by atoms with E-state index in [4.69, 9.17) is 21.1 Å². The molecule has 0 fully saturated rings. The molecular weight excluding hydrogens is 446 g/mol. The number of methoxy groups -OCH3 is 2. The summed E-state index contributed by atoms with van der Waals surface area (Å²) in [7, 11) is 3.11. The van der Waals surface area contributed by atoms with Gasteiger partial charge in [0.1, 0.15) is 0 Å². The van der Waals surface area contributed by atoms with E-state index >= 15 is 0 Å². The minimum Gasteiger partial charge on any atom is -0.465 e. The van der Waals surface area contributed by atoms with Gasteiger partial charge in [-0.1, -0.05) is 66.2 Å². The van der Waals surface area contributed by atoms with E-state index in [0.717, 1.165) is 39.7 Å². The van der Waals surface area contributed by atoms with Crippen LogP contribution in [0.25, 0.3) is 23.1 Å². The van der Waals surface area contributed by atoms with E-state index in [1.807, 2.05) is 66.7 Å². The predicted molar refractivity (Wildman–Crippen MR) is 138 cm³/mol. The minimum absolute atomic E-state index is 0.0972. The molecule has 5 heteroatoms. The van der Waals surface area contributed by atoms with Crippen LogP contribution < -0.4 is 0 Å². The summed E-state index contributed by atoms with van der Waals surface area (Å²) in [5.41, 5.74) is 5.43. The van der Waals surface area contributed by atoms with Gasteiger partial charge in [-0.2, -0.15) is 0 Å². The lowest BCUT2D eigenvalue weighted by atomic mass is 9.97. The lowest BCUT2D eigenvalue weighted by molar-refractivity contribution is 0.0598. The molecule has 4 rings (SSSR count). The molecule has 1 atom stereocenters. The summed E-state index contributed by atoms with van der Waals surface area (Å²) in [6, 6.07) is 25.5. The standard InChI is InChI=1S/C29H26ClNO3/c1-33-28(17-13-21-7-3-4-9-26(21)29(32)34-2)23-8-5-6-20(18-23)10-15-25-16-12-22-11-14-24(30)19-27(22)31-25/h3-12,14-16,18-19,28H,13,17H2,1-2H3/b15-10+/t28-/m0/s1. The first-order chi connectivity index (χ1) is 16.6. The molecule has 0 unspecified atom stereocenters. The molecule has 0 bridgehead atoms. The van der Waals surface area contributed by atoms with E-state index in [-0.39, 0.29) is 12.1 Å². The van der Waals surface area contributed by atoms with Crippen molar-refractivity contribution in [3.63, 3.8) is 0 Å². The fourth-order valence-electron chi connectivity index (χ4n) is 4.00. The Labute approximate surface area is 204 Å². The van der Waals surface area contributed by atoms with E-state index in [1.165, 1.54) is 7.11 Å². The van der Waals surface area contributed by atoms with Crippen LogP contribution >= 0.6 is 11.6 Å². The summed E-state index contributed by atoms with van der Waals surface area (Å²) in [5.74, 6) is -0.318. The summed E-state index contributed by atoms with van der Waals surface area (Å²) in [4.78, 5) is 16.8. The Kier molecular flexibility index (Phi) is 7.73. The lowest BCUT2D eigenvalue weighted by Crippen LogP contribution is -2.08. The molecule has 34 heavy (non-hydrogen) atoms. The van der Waals surface area contributed by atoms with Crippen LogP contribution in [0.5, 0.6) is 0 Å². The molecule has 4 aromatic rings. The number of carbonyl (C=O) groups is 1. The number of fused-ring (bicyclic) bond motifs is 1. The zero-order valence-electron chi connectivity index (χ0n) is 19.2. The highest BCUT2D eigenvalue weighted by atomic mass is 35.5. The smallest absolute Gasteiger partial charge is 0.338 e. The average Bonchev–Trinajstić information content (AvgIpc) is 2.87. The van der Waals surface area contributed by atoms with Crippen LogP contribution in [-0.2, 0) is 15.9 Å². The van der Waals surface area contributed by atoms with Gasteiger partial charge in [-0.3, -0.25) is 0 Å². The van der Waals surface area contributed by atoms with Gasteiger partial charge < -0.3 is 9.47 Å². The maximum Gasteiger partial charge on any atom is 0.338 e. The molecular formula is C29H26ClNO3. The van der Waals surface area contributed by atoms with Gasteiger partial charge >= 0.3 is 5.97 Å². The Morgan fingerprint density at radius 2 is 1.79 bits per heavy atom. The van der Waals surface area contributed by atoms with Gasteiger partial charge in [-0.05, 0) is 65.9 Å². The van der Waals surface area contributed by atoms with Gasteiger partial charge in [-0.25, -0.2) is 9.78 Å². The van der Waals surface area contributed by atoms with Crippen LogP contribution in [0.1, 0.15) is 45.3 Å². The van der Waals surface area contributed by atoms with Gasteiger partial charge in [0.2, 0.25) is 0 Å². The third kappa shape index (κ3) is 5.71. The van der Waals surface area contributed by atoms with Crippen LogP contribution in [0.15, 0.2) is 78.9 Å². The van der Waals surface area contributed by atoms with Crippen molar-refractivity contribution in [2.24, 2.45) is 0 Å². The molecule has 0 aliphatic rings. The molecule has 1 aromatic heterocycles. The highest BCUT2D eigenvalue weighted by molar-refractivity contribution is 6.31. The average molecular weight is 472 g/mol. The van der Waals surface area contributed by atoms with Crippen molar-refractivity contribution in [3.05, 3.63) is 112 Å². The number of benzene rings is 3. The first-order valence-corrected chi connectivity index (χ1v) is 11.5. The maximum atomic E-state index is 12.1. The zero-order chi connectivity index (χ0) is 23.9. The topological polar surface area (TPSA) is 48.4 Å². The number of esters is 1. The number of halogens is 1. The fraction of sp³-hybridized carbons (Fsp3) is 0.172. The SMILES string of the molecule is COC(=O)c1ccccc1CC[C@H](OC)c1cccc(/C=C/c2ccc3ccc(Cl)cc3n2)c1. The quantitative estimate of drug-likeness (QED) is 0.256. The van der Waals surface area contributed by atoms with Crippen molar-refractivity contribution in [1.29, 1.82) is 0 Å². The van der Waals surface area contributed by atoms with Crippen LogP contribution in [-0.4, -0.2) is 25.2 Å². The Morgan fingerprint density at radius 3 is 2.62 bits per heavy atom. The molecule has 0 saturated carbocycles. The molecule has 4 nitrogen and oxygen atoms in total. The number of aromatic nitrogens is 1. The summed E-state index contributed by atoms with van der Waals surface area (Å²) in [5, 5.41) is 1.73. The Bertz CT molecular complexity index is 1330. The van der Waals surface area contributed by atoms with Crippen molar-refractivity contribution in [2.45, 2.75) is 18.9 Å². The van der Waals surface area contributed by atoms with Crippen molar-refractivity contribution in [1.82, 2.24) is 4.98 Å². The number of rotatable bonds is 8. The number of carbonyl (C=O) groups excluding carboxylic acids is 1. The number of pyridine rings is 1. The van der Waals surface area contributed by atoms with E-state index in [1.54, 1.807) is 13.2 Å². The monoisotopic (exact) mass is 471 g/mol. The molecule has 3 aromatic carbocycles. The van der Waals surface area contributed by atoms with Gasteiger partial charge in [0.15, 0.2) is 0 Å². The summed E-state index contributed by atoms with van der Waals surface area (Å²) >= 11 is 6.11. The normalized spacial score (nSPS) is 12.2. The lowest BCUT2D eigenvalue weighted by Gasteiger charge is -2.17. The van der Waals surface area contributed by atoms with Crippen molar-refractivity contribution < 1.29 is 14.3 Å². The van der Waals surface area contributed by atoms with E-state index in [2.05, 4.69) is 23.2 Å². The van der Waals surface area contributed by atoms with Crippen molar-refractivity contribution >= 4 is 40.6 Å². The van der Waals surface area contributed by atoms with Crippen LogP contribution in [0, 0.1) is 0 Å². The minimum atomic E-state index is -0.318. The second-order valence-electron chi connectivity index (χ2n) is 7.99. The van der Waals surface area contributed by atoms with Gasteiger partial charge in [0.25, 0.3) is 0 Å². The number of hydrogen-bond donors (Lipinski definition) is 0. The first-order valence-electron chi connectivity index (χ1n) is 11.1. The predicted octanol–water partition coefficient (Wildman–Crippen LogP) is 7.17. The number of ether oxygens (including phenoxy) is 2. The summed E-state index contributed by atoms with van der Waals surface area (Å²) < 4.78 is 10.7. The number of aryl methyl sites for hydroxylation is 1. The first kappa shape index (κ1) is 23.7. The van der Waals surface area contributed by atoms with Crippen LogP contribution in [0.2, 0.25) is 5.02 Å². The molecule has 0 spiro atoms. The number of nitrogens with zero attached hydrogens (tertiary/aromatic N) is 1. The maximum absolute atomic E-state index is 12.1. The van der Waals surface area contributed by atoms with Crippen LogP contribution in [0.3, 0.4) is 0 Å². The summed E-state index contributed by atoms with van der Waals surface area (Å²) in [6.45, 7) is 0. The molecule has 0 amide bonds. The second kappa shape index (κ2) is 11.1. The van der Waals surface area contributed by atoms with Crippen molar-refractivity contribution in [2.75, 3.05) is 14.2 Å². The Hall–Kier alpha value is -3.47. The highest BCUT2D eigenvalue weighted by Gasteiger charge is 2.15. The molecule has 0 aliphatic carbocycles.